The van der Waals surface area contributed by atoms with Gasteiger partial charge < -0.3 is 14.7 Å². The summed E-state index contributed by atoms with van der Waals surface area (Å²) in [5.74, 6) is -0.195. The van der Waals surface area contributed by atoms with Gasteiger partial charge in [-0.25, -0.2) is 0 Å². The van der Waals surface area contributed by atoms with Gasteiger partial charge in [0.05, 0.1) is 13.0 Å². The number of hydrogen-bond donors (Lipinski definition) is 1. The van der Waals surface area contributed by atoms with Gasteiger partial charge in [0.15, 0.2) is 0 Å². The monoisotopic (exact) mass is 217 g/mol. The maximum atomic E-state index is 11.4. The van der Waals surface area contributed by atoms with Crippen molar-refractivity contribution in [1.82, 2.24) is 4.90 Å². The number of carbonyl (C=O) groups excluding carboxylic acids is 1. The van der Waals surface area contributed by atoms with Gasteiger partial charge in [0.1, 0.15) is 5.60 Å². The van der Waals surface area contributed by atoms with Crippen LogP contribution in [0.15, 0.2) is 0 Å². The molecular weight excluding hydrogens is 194 g/mol. The summed E-state index contributed by atoms with van der Waals surface area (Å²) in [6, 6.07) is 0.0763. The molecule has 0 rings (SSSR count). The van der Waals surface area contributed by atoms with Crippen LogP contribution in [-0.4, -0.2) is 47.8 Å². The van der Waals surface area contributed by atoms with Crippen molar-refractivity contribution < 1.29 is 14.6 Å². The van der Waals surface area contributed by atoms with Gasteiger partial charge in [-0.05, 0) is 34.7 Å². The van der Waals surface area contributed by atoms with E-state index in [9.17, 15) is 4.79 Å². The van der Waals surface area contributed by atoms with Crippen LogP contribution >= 0.6 is 0 Å². The molecular formula is C11H23NO3. The Balaban J connectivity index is 3.81. The van der Waals surface area contributed by atoms with Crippen LogP contribution in [0.5, 0.6) is 0 Å². The molecule has 90 valence electrons. The molecule has 0 amide bonds. The highest BCUT2D eigenvalue weighted by Gasteiger charge is 2.17. The van der Waals surface area contributed by atoms with Gasteiger partial charge in [0.25, 0.3) is 0 Å². The molecule has 0 aliphatic heterocycles. The molecule has 0 spiro atoms. The van der Waals surface area contributed by atoms with Crippen LogP contribution in [0.3, 0.4) is 0 Å². The molecule has 1 atom stereocenters. The van der Waals surface area contributed by atoms with Gasteiger partial charge in [-0.3, -0.25) is 4.79 Å². The summed E-state index contributed by atoms with van der Waals surface area (Å²) in [5, 5.41) is 8.90. The molecule has 0 heterocycles. The van der Waals surface area contributed by atoms with E-state index in [4.69, 9.17) is 9.84 Å². The van der Waals surface area contributed by atoms with Gasteiger partial charge >= 0.3 is 5.97 Å². The Bertz CT molecular complexity index is 198. The smallest absolute Gasteiger partial charge is 0.307 e. The van der Waals surface area contributed by atoms with Crippen molar-refractivity contribution in [3.63, 3.8) is 0 Å². The number of likely N-dealkylation sites (N-methyl/N-ethyl adjacent to an activating group) is 1. The van der Waals surface area contributed by atoms with E-state index in [0.29, 0.717) is 13.0 Å². The topological polar surface area (TPSA) is 49.8 Å². The largest absolute Gasteiger partial charge is 0.460 e. The molecule has 4 heteroatoms. The lowest BCUT2D eigenvalue weighted by atomic mass is 10.2. The molecule has 1 N–H and O–H groups in total. The Morgan fingerprint density at radius 1 is 1.47 bits per heavy atom. The van der Waals surface area contributed by atoms with Gasteiger partial charge in [-0.1, -0.05) is 0 Å². The van der Waals surface area contributed by atoms with E-state index in [1.54, 1.807) is 0 Å². The molecule has 0 saturated carbocycles. The minimum absolute atomic E-state index is 0.0763. The zero-order chi connectivity index (χ0) is 12.1. The molecule has 0 bridgehead atoms. The van der Waals surface area contributed by atoms with Crippen LogP contribution in [0.2, 0.25) is 0 Å². The van der Waals surface area contributed by atoms with Crippen LogP contribution < -0.4 is 0 Å². The molecule has 0 aromatic heterocycles. The van der Waals surface area contributed by atoms with Gasteiger partial charge in [-0.2, -0.15) is 0 Å². The summed E-state index contributed by atoms with van der Waals surface area (Å²) in [6.07, 6.45) is 0.359. The Morgan fingerprint density at radius 3 is 2.40 bits per heavy atom. The van der Waals surface area contributed by atoms with E-state index >= 15 is 0 Å². The third-order valence-corrected chi connectivity index (χ3v) is 2.11. The summed E-state index contributed by atoms with van der Waals surface area (Å²) in [7, 11) is 1.88. The zero-order valence-corrected chi connectivity index (χ0v) is 10.4. The van der Waals surface area contributed by atoms with Crippen molar-refractivity contribution in [2.45, 2.75) is 45.8 Å². The van der Waals surface area contributed by atoms with Crippen molar-refractivity contribution in [2.75, 3.05) is 20.2 Å². The summed E-state index contributed by atoms with van der Waals surface area (Å²) in [6.45, 7) is 8.18. The fourth-order valence-electron chi connectivity index (χ4n) is 1.02. The number of hydrogen-bond acceptors (Lipinski definition) is 4. The van der Waals surface area contributed by atoms with Crippen LogP contribution in [0.1, 0.15) is 34.1 Å². The number of nitrogens with zero attached hydrogens (tertiary/aromatic N) is 1. The van der Waals surface area contributed by atoms with Crippen LogP contribution in [0.4, 0.5) is 0 Å². The minimum Gasteiger partial charge on any atom is -0.460 e. The molecule has 0 fully saturated rings. The second-order valence-electron chi connectivity index (χ2n) is 4.85. The first kappa shape index (κ1) is 14.4. The Kier molecular flexibility index (Phi) is 5.83. The maximum absolute atomic E-state index is 11.4. The Morgan fingerprint density at radius 2 is 2.00 bits per heavy atom. The average Bonchev–Trinajstić information content (AvgIpc) is 2.10. The molecule has 0 radical (unpaired) electrons. The number of aliphatic hydroxyl groups is 1. The number of esters is 1. The highest BCUT2D eigenvalue weighted by Crippen LogP contribution is 2.08. The molecule has 0 aromatic rings. The van der Waals surface area contributed by atoms with Crippen LogP contribution in [0.25, 0.3) is 0 Å². The van der Waals surface area contributed by atoms with E-state index in [1.165, 1.54) is 0 Å². The van der Waals surface area contributed by atoms with Crippen molar-refractivity contribution in [3.8, 4) is 0 Å². The lowest BCUT2D eigenvalue weighted by Crippen LogP contribution is -2.34. The highest BCUT2D eigenvalue weighted by molar-refractivity contribution is 5.70. The average molecular weight is 217 g/mol. The highest BCUT2D eigenvalue weighted by atomic mass is 16.6. The van der Waals surface area contributed by atoms with E-state index in [1.807, 2.05) is 39.6 Å². The van der Waals surface area contributed by atoms with Gasteiger partial charge in [-0.15, -0.1) is 0 Å². The first-order valence-corrected chi connectivity index (χ1v) is 5.29. The lowest BCUT2D eigenvalue weighted by molar-refractivity contribution is -0.155. The van der Waals surface area contributed by atoms with Crippen molar-refractivity contribution >= 4 is 5.97 Å². The Labute approximate surface area is 92.2 Å². The first-order chi connectivity index (χ1) is 6.76. The summed E-state index contributed by atoms with van der Waals surface area (Å²) < 4.78 is 5.17. The van der Waals surface area contributed by atoms with E-state index in [-0.39, 0.29) is 18.6 Å². The molecule has 0 aliphatic carbocycles. The standard InChI is InChI=1S/C11H23NO3/c1-9(8-13)12(5)7-6-10(14)15-11(2,3)4/h9,13H,6-8H2,1-5H3. The molecule has 1 unspecified atom stereocenters. The fraction of sp³-hybridized carbons (Fsp3) is 0.909. The predicted molar refractivity (Wildman–Crippen MR) is 59.6 cm³/mol. The molecule has 0 aromatic carbocycles. The van der Waals surface area contributed by atoms with Crippen molar-refractivity contribution in [3.05, 3.63) is 0 Å². The molecule has 0 saturated heterocycles. The SMILES string of the molecule is CC(CO)N(C)CCC(=O)OC(C)(C)C. The van der Waals surface area contributed by atoms with Gasteiger partial charge in [0.2, 0.25) is 0 Å². The number of ether oxygens (including phenoxy) is 1. The van der Waals surface area contributed by atoms with Crippen molar-refractivity contribution in [1.29, 1.82) is 0 Å². The molecule has 15 heavy (non-hydrogen) atoms. The number of rotatable bonds is 5. The summed E-state index contributed by atoms with van der Waals surface area (Å²) in [4.78, 5) is 13.3. The second kappa shape index (κ2) is 6.08. The summed E-state index contributed by atoms with van der Waals surface area (Å²) in [5.41, 5.74) is -0.418. The zero-order valence-electron chi connectivity index (χ0n) is 10.4. The van der Waals surface area contributed by atoms with Crippen LogP contribution in [-0.2, 0) is 9.53 Å². The minimum atomic E-state index is -0.418. The maximum Gasteiger partial charge on any atom is 0.307 e. The van der Waals surface area contributed by atoms with E-state index < -0.39 is 5.60 Å². The molecule has 0 aliphatic rings. The van der Waals surface area contributed by atoms with E-state index in [0.717, 1.165) is 0 Å². The van der Waals surface area contributed by atoms with Crippen LogP contribution in [0, 0.1) is 0 Å². The Hall–Kier alpha value is -0.610. The number of aliphatic hydroxyl groups excluding tert-OH is 1. The summed E-state index contributed by atoms with van der Waals surface area (Å²) >= 11 is 0. The lowest BCUT2D eigenvalue weighted by Gasteiger charge is -2.24. The van der Waals surface area contributed by atoms with Gasteiger partial charge in [0, 0.05) is 12.6 Å². The third kappa shape index (κ3) is 7.33. The van der Waals surface area contributed by atoms with Crippen molar-refractivity contribution in [2.24, 2.45) is 0 Å². The fourth-order valence-corrected chi connectivity index (χ4v) is 1.02. The third-order valence-electron chi connectivity index (χ3n) is 2.11. The van der Waals surface area contributed by atoms with E-state index in [2.05, 4.69) is 0 Å². The predicted octanol–water partition coefficient (Wildman–Crippen LogP) is 1.03. The normalized spacial score (nSPS) is 14.1. The quantitative estimate of drug-likeness (QED) is 0.699. The number of carbonyl (C=O) groups is 1. The first-order valence-electron chi connectivity index (χ1n) is 5.29. The molecule has 4 nitrogen and oxygen atoms in total. The second-order valence-corrected chi connectivity index (χ2v) is 4.85.